The third kappa shape index (κ3) is 57.0. The van der Waals surface area contributed by atoms with Gasteiger partial charge < -0.3 is 14.2 Å². The predicted octanol–water partition coefficient (Wildman–Crippen LogP) is 20.3. The Bertz CT molecular complexity index is 1470. The van der Waals surface area contributed by atoms with Gasteiger partial charge in [0.2, 0.25) is 0 Å². The number of carbonyl (C=O) groups is 3. The fraction of sp³-hybridized carbons (Fsp3) is 0.682. The van der Waals surface area contributed by atoms with E-state index in [1.165, 1.54) is 122 Å². The van der Waals surface area contributed by atoms with Crippen molar-refractivity contribution in [3.8, 4) is 0 Å². The lowest BCUT2D eigenvalue weighted by Crippen LogP contribution is -2.30. The maximum atomic E-state index is 12.8. The Morgan fingerprint density at radius 1 is 0.292 bits per heavy atom. The molecule has 0 N–H and O–H groups in total. The Balaban J connectivity index is 4.36. The van der Waals surface area contributed by atoms with Gasteiger partial charge in [-0.15, -0.1) is 0 Å². The highest BCUT2D eigenvalue weighted by Gasteiger charge is 2.19. The molecule has 0 rings (SSSR count). The van der Waals surface area contributed by atoms with E-state index >= 15 is 0 Å². The summed E-state index contributed by atoms with van der Waals surface area (Å²) in [7, 11) is 0. The van der Waals surface area contributed by atoms with Crippen molar-refractivity contribution >= 4 is 17.9 Å². The van der Waals surface area contributed by atoms with E-state index in [4.69, 9.17) is 14.2 Å². The van der Waals surface area contributed by atoms with E-state index < -0.39 is 6.10 Å². The molecule has 0 aromatic carbocycles. The fourth-order valence-electron chi connectivity index (χ4n) is 8.04. The molecule has 0 aromatic heterocycles. The highest BCUT2D eigenvalue weighted by Crippen LogP contribution is 2.15. The summed E-state index contributed by atoms with van der Waals surface area (Å²) in [5.74, 6) is -0.944. The number of unbranched alkanes of at least 4 members (excludes halogenated alkanes) is 24. The summed E-state index contributed by atoms with van der Waals surface area (Å²) in [6.45, 7) is 6.47. The summed E-state index contributed by atoms with van der Waals surface area (Å²) in [5, 5.41) is 0. The van der Waals surface area contributed by atoms with Crippen LogP contribution < -0.4 is 0 Å². The maximum absolute atomic E-state index is 12.8. The van der Waals surface area contributed by atoms with Gasteiger partial charge in [0.05, 0.1) is 0 Å². The Kier molecular flexibility index (Phi) is 56.4. The van der Waals surface area contributed by atoms with Gasteiger partial charge in [-0.1, -0.05) is 252 Å². The van der Waals surface area contributed by atoms with E-state index in [-0.39, 0.29) is 31.1 Å². The van der Waals surface area contributed by atoms with Gasteiger partial charge in [0.15, 0.2) is 6.10 Å². The Morgan fingerprint density at radius 2 is 0.542 bits per heavy atom. The van der Waals surface area contributed by atoms with Crippen LogP contribution in [0.15, 0.2) is 109 Å². The number of hydrogen-bond acceptors (Lipinski definition) is 6. The molecule has 0 aliphatic rings. The summed E-state index contributed by atoms with van der Waals surface area (Å²) in [4.78, 5) is 38.1. The monoisotopic (exact) mass is 999 g/mol. The molecule has 0 aromatic rings. The van der Waals surface area contributed by atoms with Crippen molar-refractivity contribution in [1.82, 2.24) is 0 Å². The lowest BCUT2D eigenvalue weighted by Gasteiger charge is -2.18. The standard InChI is InChI=1S/C66H110O6/c1-4-7-10-13-16-19-21-23-25-27-29-30-31-32-33-34-35-36-37-39-40-42-44-47-50-53-56-59-65(68)71-62-63(61-70-64(67)58-55-52-49-46-18-15-12-9-6-3)72-66(69)60-57-54-51-48-45-43-41-38-28-26-24-22-20-17-14-11-8-5-2/h7,10,16,19,23,25-26,28-30,32-33,35-36,39-40,44,47,63H,4-6,8-9,11-15,17-18,20-22,24,27,31,34,37-38,41-43,45-46,48-62H2,1-3H3/b10-7-,19-16-,25-23-,28-26-,30-29-,33-32-,36-35-,40-39-,47-44-. The van der Waals surface area contributed by atoms with Crippen LogP contribution in [-0.2, 0) is 28.6 Å². The van der Waals surface area contributed by atoms with Crippen LogP contribution in [0.2, 0.25) is 0 Å². The first-order chi connectivity index (χ1) is 35.5. The minimum atomic E-state index is -0.798. The number of carbonyl (C=O) groups excluding carboxylic acids is 3. The molecule has 0 heterocycles. The molecule has 1 unspecified atom stereocenters. The molecular formula is C66H110O6. The summed E-state index contributed by atoms with van der Waals surface area (Å²) in [6.07, 6.45) is 80.9. The minimum absolute atomic E-state index is 0.0930. The normalized spacial score (nSPS) is 12.9. The first-order valence-electron chi connectivity index (χ1n) is 29.9. The lowest BCUT2D eigenvalue weighted by atomic mass is 10.1. The second-order valence-corrected chi connectivity index (χ2v) is 19.5. The molecule has 6 heteroatoms. The summed E-state index contributed by atoms with van der Waals surface area (Å²) in [5.41, 5.74) is 0. The average Bonchev–Trinajstić information content (AvgIpc) is 3.38. The topological polar surface area (TPSA) is 78.9 Å². The van der Waals surface area contributed by atoms with Crippen molar-refractivity contribution in [3.05, 3.63) is 109 Å². The van der Waals surface area contributed by atoms with Gasteiger partial charge in [-0.05, 0) is 109 Å². The molecule has 1 atom stereocenters. The van der Waals surface area contributed by atoms with Gasteiger partial charge in [-0.25, -0.2) is 0 Å². The van der Waals surface area contributed by atoms with Crippen molar-refractivity contribution in [2.45, 2.75) is 277 Å². The van der Waals surface area contributed by atoms with E-state index in [1.54, 1.807) is 0 Å². The zero-order valence-electron chi connectivity index (χ0n) is 46.9. The molecule has 0 amide bonds. The minimum Gasteiger partial charge on any atom is -0.462 e. The molecule has 0 aliphatic heterocycles. The molecule has 0 aliphatic carbocycles. The van der Waals surface area contributed by atoms with Crippen LogP contribution in [0.4, 0.5) is 0 Å². The van der Waals surface area contributed by atoms with Crippen LogP contribution in [-0.4, -0.2) is 37.2 Å². The highest BCUT2D eigenvalue weighted by molar-refractivity contribution is 5.71. The summed E-state index contributed by atoms with van der Waals surface area (Å²) >= 11 is 0. The first-order valence-corrected chi connectivity index (χ1v) is 29.9. The van der Waals surface area contributed by atoms with Crippen molar-refractivity contribution in [2.75, 3.05) is 13.2 Å². The molecular weight excluding hydrogens is 889 g/mol. The molecule has 0 spiro atoms. The Labute approximate surface area is 444 Å². The summed E-state index contributed by atoms with van der Waals surface area (Å²) < 4.78 is 16.8. The SMILES string of the molecule is CC/C=C\C/C=C\C/C=C\C/C=C\C/C=C\C/C=C\C/C=C\C/C=C\CCCCC(=O)OCC(COC(=O)CCCCCCCCCCC)OC(=O)CCCCCCCCC/C=C\CCCCCCCCC. The van der Waals surface area contributed by atoms with Crippen molar-refractivity contribution in [1.29, 1.82) is 0 Å². The number of rotatable bonds is 53. The maximum Gasteiger partial charge on any atom is 0.306 e. The van der Waals surface area contributed by atoms with E-state index in [1.807, 2.05) is 0 Å². The highest BCUT2D eigenvalue weighted by atomic mass is 16.6. The molecule has 72 heavy (non-hydrogen) atoms. The number of ether oxygens (including phenoxy) is 3. The smallest absolute Gasteiger partial charge is 0.306 e. The van der Waals surface area contributed by atoms with Crippen molar-refractivity contribution < 1.29 is 28.6 Å². The van der Waals surface area contributed by atoms with E-state index in [0.717, 1.165) is 109 Å². The van der Waals surface area contributed by atoms with Gasteiger partial charge in [0, 0.05) is 19.3 Å². The Morgan fingerprint density at radius 3 is 0.889 bits per heavy atom. The van der Waals surface area contributed by atoms with Crippen LogP contribution in [0.5, 0.6) is 0 Å². The van der Waals surface area contributed by atoms with Gasteiger partial charge in [0.25, 0.3) is 0 Å². The molecule has 0 fully saturated rings. The molecule has 0 saturated heterocycles. The number of esters is 3. The fourth-order valence-corrected chi connectivity index (χ4v) is 8.04. The van der Waals surface area contributed by atoms with Gasteiger partial charge in [-0.2, -0.15) is 0 Å². The van der Waals surface area contributed by atoms with Crippen molar-refractivity contribution in [3.63, 3.8) is 0 Å². The lowest BCUT2D eigenvalue weighted by molar-refractivity contribution is -0.167. The van der Waals surface area contributed by atoms with Gasteiger partial charge in [-0.3, -0.25) is 14.4 Å². The molecule has 410 valence electrons. The van der Waals surface area contributed by atoms with Crippen LogP contribution in [0.3, 0.4) is 0 Å². The number of hydrogen-bond donors (Lipinski definition) is 0. The largest absolute Gasteiger partial charge is 0.462 e. The van der Waals surface area contributed by atoms with Crippen LogP contribution in [0, 0.1) is 0 Å². The van der Waals surface area contributed by atoms with E-state index in [2.05, 4.69) is 130 Å². The van der Waals surface area contributed by atoms with Crippen LogP contribution in [0.25, 0.3) is 0 Å². The average molecular weight is 1000 g/mol. The third-order valence-electron chi connectivity index (χ3n) is 12.5. The quantitative estimate of drug-likeness (QED) is 0.0261. The Hall–Kier alpha value is -3.93. The van der Waals surface area contributed by atoms with E-state index in [0.29, 0.717) is 19.3 Å². The zero-order valence-corrected chi connectivity index (χ0v) is 46.9. The van der Waals surface area contributed by atoms with E-state index in [9.17, 15) is 14.4 Å². The zero-order chi connectivity index (χ0) is 52.2. The van der Waals surface area contributed by atoms with Gasteiger partial charge >= 0.3 is 17.9 Å². The number of allylic oxidation sites excluding steroid dienone is 18. The molecule has 0 bridgehead atoms. The first kappa shape index (κ1) is 68.1. The molecule has 6 nitrogen and oxygen atoms in total. The molecule has 0 saturated carbocycles. The summed E-state index contributed by atoms with van der Waals surface area (Å²) in [6, 6.07) is 0. The van der Waals surface area contributed by atoms with Crippen LogP contribution in [0.1, 0.15) is 271 Å². The third-order valence-corrected chi connectivity index (χ3v) is 12.5. The second-order valence-electron chi connectivity index (χ2n) is 19.5. The van der Waals surface area contributed by atoms with Crippen LogP contribution >= 0.6 is 0 Å². The second kappa shape index (κ2) is 59.6. The molecule has 0 radical (unpaired) electrons. The predicted molar refractivity (Wildman–Crippen MR) is 311 cm³/mol. The van der Waals surface area contributed by atoms with Gasteiger partial charge in [0.1, 0.15) is 13.2 Å². The van der Waals surface area contributed by atoms with Crippen molar-refractivity contribution in [2.24, 2.45) is 0 Å².